The maximum absolute atomic E-state index is 9.91. The molecule has 8 nitrogen and oxygen atoms in total. The van der Waals surface area contributed by atoms with E-state index < -0.39 is 6.10 Å². The molecule has 0 saturated heterocycles. The van der Waals surface area contributed by atoms with Gasteiger partial charge in [0.15, 0.2) is 0 Å². The van der Waals surface area contributed by atoms with E-state index >= 15 is 0 Å². The monoisotopic (exact) mass is 405 g/mol. The Hall–Kier alpha value is -3.00. The quantitative estimate of drug-likeness (QED) is 0.484. The van der Waals surface area contributed by atoms with Crippen LogP contribution < -0.4 is 0 Å². The topological polar surface area (TPSA) is 86.1 Å². The summed E-state index contributed by atoms with van der Waals surface area (Å²) in [6.45, 7) is 4.66. The molecule has 0 spiro atoms. The van der Waals surface area contributed by atoms with Gasteiger partial charge in [0.25, 0.3) is 0 Å². The van der Waals surface area contributed by atoms with E-state index in [-0.39, 0.29) is 0 Å². The van der Waals surface area contributed by atoms with Crippen molar-refractivity contribution in [3.8, 4) is 22.5 Å². The van der Waals surface area contributed by atoms with Crippen molar-refractivity contribution < 1.29 is 5.11 Å². The zero-order valence-corrected chi connectivity index (χ0v) is 17.4. The fraction of sp³-hybridized carbons (Fsp3) is 0.455. The number of nitrogens with zero attached hydrogens (tertiary/aromatic N) is 7. The standard InChI is InChI=1S/C22H27N7O/c1-3-18(30)13-27-11-16(9-24-27)19-14-29-21(7-8-23-29)22(26-19)17-10-25-28(12-17)20(4-2)15-5-6-15/h7-12,14-15,18,20,30H,3-6,13H2,1-2H3/t18-,20-/m0/s1. The lowest BCUT2D eigenvalue weighted by Gasteiger charge is -2.14. The predicted molar refractivity (Wildman–Crippen MR) is 114 cm³/mol. The van der Waals surface area contributed by atoms with Crippen molar-refractivity contribution in [1.29, 1.82) is 0 Å². The number of aromatic nitrogens is 7. The fourth-order valence-electron chi connectivity index (χ4n) is 4.08. The SMILES string of the molecule is CC[C@H](O)Cn1cc(-c2cn3nccc3c(-c3cnn([C@@H](CC)C4CC4)c3)n2)cn1. The molecular weight excluding hydrogens is 378 g/mol. The Morgan fingerprint density at radius 1 is 1.03 bits per heavy atom. The molecule has 1 saturated carbocycles. The second kappa shape index (κ2) is 7.68. The van der Waals surface area contributed by atoms with Crippen LogP contribution in [0.3, 0.4) is 0 Å². The van der Waals surface area contributed by atoms with Crippen molar-refractivity contribution in [2.24, 2.45) is 5.92 Å². The summed E-state index contributed by atoms with van der Waals surface area (Å²) in [5.74, 6) is 0.751. The molecule has 0 amide bonds. The van der Waals surface area contributed by atoms with E-state index in [1.54, 1.807) is 17.1 Å². The first-order chi connectivity index (χ1) is 14.7. The number of fused-ring (bicyclic) bond motifs is 1. The van der Waals surface area contributed by atoms with Crippen LogP contribution in [0.1, 0.15) is 45.6 Å². The molecule has 0 unspecified atom stereocenters. The van der Waals surface area contributed by atoms with Crippen molar-refractivity contribution in [2.45, 2.75) is 58.2 Å². The molecule has 5 rings (SSSR count). The van der Waals surface area contributed by atoms with Crippen LogP contribution in [0.25, 0.3) is 28.0 Å². The van der Waals surface area contributed by atoms with Crippen LogP contribution in [0.15, 0.2) is 43.2 Å². The lowest BCUT2D eigenvalue weighted by Crippen LogP contribution is -2.14. The summed E-state index contributed by atoms with van der Waals surface area (Å²) in [4.78, 5) is 4.96. The van der Waals surface area contributed by atoms with Gasteiger partial charge in [0.05, 0.1) is 60.4 Å². The zero-order chi connectivity index (χ0) is 20.7. The molecule has 4 heterocycles. The van der Waals surface area contributed by atoms with Crippen molar-refractivity contribution in [2.75, 3.05) is 0 Å². The zero-order valence-electron chi connectivity index (χ0n) is 17.4. The van der Waals surface area contributed by atoms with Crippen LogP contribution in [-0.4, -0.2) is 45.4 Å². The Kier molecular flexibility index (Phi) is 4.86. The Morgan fingerprint density at radius 2 is 1.87 bits per heavy atom. The molecule has 8 heteroatoms. The molecule has 4 aromatic heterocycles. The molecule has 30 heavy (non-hydrogen) atoms. The van der Waals surface area contributed by atoms with E-state index in [9.17, 15) is 5.11 Å². The fourth-order valence-corrected chi connectivity index (χ4v) is 4.08. The number of aliphatic hydroxyl groups excluding tert-OH is 1. The van der Waals surface area contributed by atoms with Gasteiger partial charge in [-0.1, -0.05) is 13.8 Å². The lowest BCUT2D eigenvalue weighted by molar-refractivity contribution is 0.145. The number of aliphatic hydroxyl groups is 1. The molecule has 0 aliphatic heterocycles. The van der Waals surface area contributed by atoms with Crippen molar-refractivity contribution >= 4 is 5.52 Å². The van der Waals surface area contributed by atoms with E-state index in [2.05, 4.69) is 33.1 Å². The second-order valence-corrected chi connectivity index (χ2v) is 8.17. The maximum atomic E-state index is 9.91. The first kappa shape index (κ1) is 19.0. The summed E-state index contributed by atoms with van der Waals surface area (Å²) in [6.07, 6.45) is 15.4. The van der Waals surface area contributed by atoms with Gasteiger partial charge in [0, 0.05) is 23.5 Å². The Balaban J connectivity index is 1.52. The van der Waals surface area contributed by atoms with Gasteiger partial charge in [0.1, 0.15) is 0 Å². The molecule has 156 valence electrons. The summed E-state index contributed by atoms with van der Waals surface area (Å²) in [5.41, 5.74) is 4.50. The normalized spacial score (nSPS) is 16.2. The van der Waals surface area contributed by atoms with Crippen molar-refractivity contribution in [3.63, 3.8) is 0 Å². The van der Waals surface area contributed by atoms with Gasteiger partial charge < -0.3 is 5.11 Å². The van der Waals surface area contributed by atoms with Gasteiger partial charge in [-0.15, -0.1) is 0 Å². The molecule has 1 aliphatic carbocycles. The smallest absolute Gasteiger partial charge is 0.0999 e. The van der Waals surface area contributed by atoms with Gasteiger partial charge in [-0.2, -0.15) is 15.3 Å². The molecule has 1 aliphatic rings. The summed E-state index contributed by atoms with van der Waals surface area (Å²) < 4.78 is 5.72. The van der Waals surface area contributed by atoms with E-state index in [0.717, 1.165) is 40.4 Å². The van der Waals surface area contributed by atoms with Gasteiger partial charge >= 0.3 is 0 Å². The van der Waals surface area contributed by atoms with Gasteiger partial charge in [-0.05, 0) is 37.7 Å². The number of hydrogen-bond donors (Lipinski definition) is 1. The lowest BCUT2D eigenvalue weighted by atomic mass is 10.1. The van der Waals surface area contributed by atoms with Crippen LogP contribution in [0.5, 0.6) is 0 Å². The van der Waals surface area contributed by atoms with Gasteiger partial charge in [-0.25, -0.2) is 9.50 Å². The third kappa shape index (κ3) is 3.52. The number of hydrogen-bond acceptors (Lipinski definition) is 5. The molecule has 1 fully saturated rings. The molecular formula is C22H27N7O. The largest absolute Gasteiger partial charge is 0.391 e. The highest BCUT2D eigenvalue weighted by molar-refractivity contribution is 5.78. The Labute approximate surface area is 175 Å². The average molecular weight is 406 g/mol. The van der Waals surface area contributed by atoms with Crippen LogP contribution in [0.4, 0.5) is 0 Å². The molecule has 1 N–H and O–H groups in total. The molecule has 0 bridgehead atoms. The molecule has 0 radical (unpaired) electrons. The Bertz CT molecular complexity index is 1150. The number of rotatable bonds is 8. The summed E-state index contributed by atoms with van der Waals surface area (Å²) >= 11 is 0. The minimum atomic E-state index is -0.404. The first-order valence-electron chi connectivity index (χ1n) is 10.8. The summed E-state index contributed by atoms with van der Waals surface area (Å²) in [5, 5.41) is 23.4. The Morgan fingerprint density at radius 3 is 2.63 bits per heavy atom. The minimum absolute atomic E-state index is 0.404. The minimum Gasteiger partial charge on any atom is -0.391 e. The van der Waals surface area contributed by atoms with E-state index in [4.69, 9.17) is 4.98 Å². The molecule has 2 atom stereocenters. The van der Waals surface area contributed by atoms with Crippen LogP contribution in [0, 0.1) is 5.92 Å². The molecule has 4 aromatic rings. The van der Waals surface area contributed by atoms with Gasteiger partial charge in [-0.3, -0.25) is 9.36 Å². The highest BCUT2D eigenvalue weighted by Gasteiger charge is 2.31. The highest BCUT2D eigenvalue weighted by atomic mass is 16.3. The second-order valence-electron chi connectivity index (χ2n) is 8.17. The van der Waals surface area contributed by atoms with E-state index in [1.807, 2.05) is 36.1 Å². The summed E-state index contributed by atoms with van der Waals surface area (Å²) in [6, 6.07) is 2.44. The third-order valence-corrected chi connectivity index (χ3v) is 5.99. The van der Waals surface area contributed by atoms with Crippen molar-refractivity contribution in [3.05, 3.63) is 43.2 Å². The average Bonchev–Trinajstić information content (AvgIpc) is 3.15. The van der Waals surface area contributed by atoms with Crippen LogP contribution >= 0.6 is 0 Å². The first-order valence-corrected chi connectivity index (χ1v) is 10.8. The predicted octanol–water partition coefficient (Wildman–Crippen LogP) is 3.59. The maximum Gasteiger partial charge on any atom is 0.0999 e. The van der Waals surface area contributed by atoms with E-state index in [0.29, 0.717) is 19.0 Å². The highest BCUT2D eigenvalue weighted by Crippen LogP contribution is 2.41. The van der Waals surface area contributed by atoms with Gasteiger partial charge in [0.2, 0.25) is 0 Å². The van der Waals surface area contributed by atoms with Crippen LogP contribution in [0.2, 0.25) is 0 Å². The van der Waals surface area contributed by atoms with E-state index in [1.165, 1.54) is 12.8 Å². The third-order valence-electron chi connectivity index (χ3n) is 5.99. The van der Waals surface area contributed by atoms with Crippen molar-refractivity contribution in [1.82, 2.24) is 34.2 Å². The summed E-state index contributed by atoms with van der Waals surface area (Å²) in [7, 11) is 0. The molecule has 0 aromatic carbocycles. The van der Waals surface area contributed by atoms with Crippen LogP contribution in [-0.2, 0) is 6.54 Å².